The highest BCUT2D eigenvalue weighted by molar-refractivity contribution is 6.31. The van der Waals surface area contributed by atoms with Gasteiger partial charge in [0.15, 0.2) is 0 Å². The summed E-state index contributed by atoms with van der Waals surface area (Å²) in [6.07, 6.45) is 5.74. The predicted molar refractivity (Wildman–Crippen MR) is 141 cm³/mol. The van der Waals surface area contributed by atoms with Crippen LogP contribution in [0.2, 0.25) is 5.02 Å². The summed E-state index contributed by atoms with van der Waals surface area (Å²) in [6, 6.07) is 22.4. The number of halogens is 2. The molecular weight excluding hydrogens is 475 g/mol. The van der Waals surface area contributed by atoms with Crippen molar-refractivity contribution in [1.29, 1.82) is 0 Å². The predicted octanol–water partition coefficient (Wildman–Crippen LogP) is 6.11. The van der Waals surface area contributed by atoms with E-state index in [1.165, 1.54) is 18.6 Å². The van der Waals surface area contributed by atoms with E-state index in [9.17, 15) is 14.0 Å². The SMILES string of the molecule is O=C(NC1CCCCC1)[C@H](Cc1ccccc1)N(Cc1ccc(F)cc1)C(=O)Cc1ccccc1Cl. The molecule has 1 aliphatic rings. The lowest BCUT2D eigenvalue weighted by molar-refractivity contribution is -0.141. The minimum absolute atomic E-state index is 0.0723. The van der Waals surface area contributed by atoms with E-state index in [0.717, 1.165) is 36.8 Å². The van der Waals surface area contributed by atoms with Crippen molar-refractivity contribution < 1.29 is 14.0 Å². The number of hydrogen-bond acceptors (Lipinski definition) is 2. The third kappa shape index (κ3) is 7.17. The van der Waals surface area contributed by atoms with E-state index >= 15 is 0 Å². The first-order valence-corrected chi connectivity index (χ1v) is 13.0. The van der Waals surface area contributed by atoms with Crippen molar-refractivity contribution in [2.75, 3.05) is 0 Å². The molecule has 2 amide bonds. The minimum Gasteiger partial charge on any atom is -0.352 e. The van der Waals surface area contributed by atoms with E-state index < -0.39 is 6.04 Å². The van der Waals surface area contributed by atoms with Gasteiger partial charge in [-0.15, -0.1) is 0 Å². The normalized spacial score (nSPS) is 14.7. The van der Waals surface area contributed by atoms with Gasteiger partial charge in [-0.05, 0) is 47.7 Å². The third-order valence-corrected chi connectivity index (χ3v) is 7.16. The summed E-state index contributed by atoms with van der Waals surface area (Å²) in [4.78, 5) is 29.1. The van der Waals surface area contributed by atoms with Gasteiger partial charge in [0.05, 0.1) is 6.42 Å². The van der Waals surface area contributed by atoms with Gasteiger partial charge in [-0.2, -0.15) is 0 Å². The maximum absolute atomic E-state index is 13.8. The van der Waals surface area contributed by atoms with Crippen LogP contribution in [0, 0.1) is 5.82 Å². The van der Waals surface area contributed by atoms with Crippen LogP contribution in [-0.2, 0) is 29.0 Å². The van der Waals surface area contributed by atoms with Crippen molar-refractivity contribution in [2.24, 2.45) is 0 Å². The molecule has 0 heterocycles. The second-order valence-corrected chi connectivity index (χ2v) is 9.87. The first-order chi connectivity index (χ1) is 17.5. The van der Waals surface area contributed by atoms with Crippen LogP contribution in [0.4, 0.5) is 4.39 Å². The molecule has 4 nitrogen and oxygen atoms in total. The molecule has 0 unspecified atom stereocenters. The second kappa shape index (κ2) is 12.7. The molecule has 0 aliphatic heterocycles. The molecule has 0 bridgehead atoms. The summed E-state index contributed by atoms with van der Waals surface area (Å²) in [5.74, 6) is -0.698. The standard InChI is InChI=1S/C30H32ClFN2O2/c31-27-14-8-7-11-24(27)20-29(35)34(21-23-15-17-25(32)18-16-23)28(19-22-9-3-1-4-10-22)30(36)33-26-12-5-2-6-13-26/h1,3-4,7-11,14-18,26,28H,2,5-6,12-13,19-21H2,(H,33,36)/t28-/m0/s1. The number of carbonyl (C=O) groups is 2. The van der Waals surface area contributed by atoms with Crippen molar-refractivity contribution in [1.82, 2.24) is 10.2 Å². The Morgan fingerprint density at radius 2 is 1.56 bits per heavy atom. The Labute approximate surface area is 217 Å². The van der Waals surface area contributed by atoms with Crippen molar-refractivity contribution in [3.63, 3.8) is 0 Å². The molecule has 1 aliphatic carbocycles. The molecule has 1 fully saturated rings. The molecule has 1 N–H and O–H groups in total. The van der Waals surface area contributed by atoms with Crippen molar-refractivity contribution in [3.8, 4) is 0 Å². The number of amides is 2. The Bertz CT molecular complexity index is 1150. The summed E-state index contributed by atoms with van der Waals surface area (Å²) >= 11 is 6.36. The van der Waals surface area contributed by atoms with E-state index in [1.54, 1.807) is 23.1 Å². The summed E-state index contributed by atoms with van der Waals surface area (Å²) in [5, 5.41) is 3.74. The molecule has 36 heavy (non-hydrogen) atoms. The van der Waals surface area contributed by atoms with Gasteiger partial charge in [0, 0.05) is 24.0 Å². The van der Waals surface area contributed by atoms with Crippen LogP contribution in [0.15, 0.2) is 78.9 Å². The Kier molecular flexibility index (Phi) is 9.12. The quantitative estimate of drug-likeness (QED) is 0.380. The average molecular weight is 507 g/mol. The fourth-order valence-corrected chi connectivity index (χ4v) is 4.99. The fourth-order valence-electron chi connectivity index (χ4n) is 4.79. The molecule has 3 aromatic carbocycles. The van der Waals surface area contributed by atoms with Crippen LogP contribution in [0.25, 0.3) is 0 Å². The highest BCUT2D eigenvalue weighted by Crippen LogP contribution is 2.22. The molecule has 188 valence electrons. The Hall–Kier alpha value is -3.18. The molecule has 4 rings (SSSR count). The van der Waals surface area contributed by atoms with Gasteiger partial charge in [-0.1, -0.05) is 91.5 Å². The molecule has 0 saturated heterocycles. The number of hydrogen-bond donors (Lipinski definition) is 1. The van der Waals surface area contributed by atoms with Crippen LogP contribution in [0.1, 0.15) is 48.8 Å². The molecule has 0 radical (unpaired) electrons. The van der Waals surface area contributed by atoms with E-state index in [-0.39, 0.29) is 36.6 Å². The molecule has 1 atom stereocenters. The highest BCUT2D eigenvalue weighted by Gasteiger charge is 2.32. The average Bonchev–Trinajstić information content (AvgIpc) is 2.89. The van der Waals surface area contributed by atoms with Crippen LogP contribution in [-0.4, -0.2) is 28.8 Å². The Morgan fingerprint density at radius 1 is 0.889 bits per heavy atom. The topological polar surface area (TPSA) is 49.4 Å². The van der Waals surface area contributed by atoms with Gasteiger partial charge >= 0.3 is 0 Å². The van der Waals surface area contributed by atoms with Gasteiger partial charge in [0.25, 0.3) is 0 Å². The van der Waals surface area contributed by atoms with Crippen LogP contribution >= 0.6 is 11.6 Å². The first-order valence-electron chi connectivity index (χ1n) is 12.6. The van der Waals surface area contributed by atoms with E-state index in [2.05, 4.69) is 5.32 Å². The van der Waals surface area contributed by atoms with Gasteiger partial charge < -0.3 is 10.2 Å². The summed E-state index contributed by atoms with van der Waals surface area (Å²) in [7, 11) is 0. The Balaban J connectivity index is 1.65. The number of rotatable bonds is 9. The summed E-state index contributed by atoms with van der Waals surface area (Å²) < 4.78 is 13.6. The fraction of sp³-hybridized carbons (Fsp3) is 0.333. The van der Waals surface area contributed by atoms with E-state index in [0.29, 0.717) is 17.0 Å². The molecule has 3 aromatic rings. The van der Waals surface area contributed by atoms with Crippen LogP contribution < -0.4 is 5.32 Å². The van der Waals surface area contributed by atoms with Gasteiger partial charge in [0.2, 0.25) is 11.8 Å². The lowest BCUT2D eigenvalue weighted by Gasteiger charge is -2.33. The van der Waals surface area contributed by atoms with Crippen molar-refractivity contribution >= 4 is 23.4 Å². The van der Waals surface area contributed by atoms with Gasteiger partial charge in [0.1, 0.15) is 11.9 Å². The smallest absolute Gasteiger partial charge is 0.243 e. The number of carbonyl (C=O) groups excluding carboxylic acids is 2. The van der Waals surface area contributed by atoms with E-state index in [4.69, 9.17) is 11.6 Å². The second-order valence-electron chi connectivity index (χ2n) is 9.47. The zero-order valence-corrected chi connectivity index (χ0v) is 21.1. The summed E-state index contributed by atoms with van der Waals surface area (Å²) in [6.45, 7) is 0.194. The van der Waals surface area contributed by atoms with Crippen molar-refractivity contribution in [2.45, 2.75) is 63.6 Å². The first kappa shape index (κ1) is 25.9. The highest BCUT2D eigenvalue weighted by atomic mass is 35.5. The monoisotopic (exact) mass is 506 g/mol. The summed E-state index contributed by atoms with van der Waals surface area (Å²) in [5.41, 5.74) is 2.43. The van der Waals surface area contributed by atoms with Crippen LogP contribution in [0.3, 0.4) is 0 Å². The maximum atomic E-state index is 13.8. The zero-order valence-electron chi connectivity index (χ0n) is 20.3. The van der Waals surface area contributed by atoms with Gasteiger partial charge in [-0.3, -0.25) is 9.59 Å². The van der Waals surface area contributed by atoms with Gasteiger partial charge in [-0.25, -0.2) is 4.39 Å². The largest absolute Gasteiger partial charge is 0.352 e. The number of benzene rings is 3. The molecule has 1 saturated carbocycles. The third-order valence-electron chi connectivity index (χ3n) is 6.79. The minimum atomic E-state index is -0.714. The number of nitrogens with zero attached hydrogens (tertiary/aromatic N) is 1. The lowest BCUT2D eigenvalue weighted by atomic mass is 9.94. The maximum Gasteiger partial charge on any atom is 0.243 e. The zero-order chi connectivity index (χ0) is 25.3. The lowest BCUT2D eigenvalue weighted by Crippen LogP contribution is -2.53. The van der Waals surface area contributed by atoms with Crippen LogP contribution in [0.5, 0.6) is 0 Å². The Morgan fingerprint density at radius 3 is 2.25 bits per heavy atom. The number of nitrogens with one attached hydrogen (secondary N) is 1. The molecule has 0 aromatic heterocycles. The molecule has 0 spiro atoms. The van der Waals surface area contributed by atoms with E-state index in [1.807, 2.05) is 48.5 Å². The molecular formula is C30H32ClFN2O2. The molecule has 6 heteroatoms. The van der Waals surface area contributed by atoms with Crippen molar-refractivity contribution in [3.05, 3.63) is 106 Å².